The lowest BCUT2D eigenvalue weighted by atomic mass is 9.41. The summed E-state index contributed by atoms with van der Waals surface area (Å²) in [6.45, 7) is 8.85. The number of esters is 1. The lowest BCUT2D eigenvalue weighted by Gasteiger charge is -2.59. The molecule has 188 valence electrons. The first-order valence-corrected chi connectivity index (χ1v) is 12.6. The standard InChI is InChI=1S/C29H31NO6/c1-16-18-7-8-19-28-12-5-11-27(2,3)23(28)22(35-15-28)25(33)29(19,24(16)32)26(18)36-21(31)9-6-17-10-13-30-20(14-17)34-4/h5-6,9-10,12-14,18-19,22-23,26H,1,7-8,11,15H2,2-4H3/b9-6+/t18-,19-,22+,23+,26+,28+,29+/m0/s1. The molecule has 36 heavy (non-hydrogen) atoms. The van der Waals surface area contributed by atoms with E-state index >= 15 is 0 Å². The van der Waals surface area contributed by atoms with E-state index in [9.17, 15) is 14.4 Å². The van der Waals surface area contributed by atoms with Crippen LogP contribution in [-0.4, -0.2) is 48.4 Å². The number of ether oxygens (including phenoxy) is 3. The maximum atomic E-state index is 14.3. The molecule has 0 unspecified atom stereocenters. The topological polar surface area (TPSA) is 91.8 Å². The van der Waals surface area contributed by atoms with Crippen LogP contribution >= 0.6 is 0 Å². The zero-order valence-corrected chi connectivity index (χ0v) is 20.9. The summed E-state index contributed by atoms with van der Waals surface area (Å²) in [4.78, 5) is 45.3. The summed E-state index contributed by atoms with van der Waals surface area (Å²) in [5.74, 6) is -1.29. The molecule has 0 aromatic carbocycles. The van der Waals surface area contributed by atoms with Crippen molar-refractivity contribution in [3.8, 4) is 5.88 Å². The first kappa shape index (κ1) is 23.3. The Labute approximate surface area is 210 Å². The molecule has 1 aliphatic heterocycles. The molecular formula is C29H31NO6. The number of fused-ring (bicyclic) bond motifs is 1. The number of hydrogen-bond acceptors (Lipinski definition) is 7. The summed E-state index contributed by atoms with van der Waals surface area (Å²) < 4.78 is 17.4. The number of nitrogens with zero attached hydrogens (tertiary/aromatic N) is 1. The van der Waals surface area contributed by atoms with Gasteiger partial charge in [0.05, 0.1) is 13.7 Å². The average molecular weight is 490 g/mol. The molecule has 7 nitrogen and oxygen atoms in total. The Balaban J connectivity index is 1.38. The molecule has 4 aliphatic carbocycles. The van der Waals surface area contributed by atoms with Crippen LogP contribution in [0.4, 0.5) is 0 Å². The summed E-state index contributed by atoms with van der Waals surface area (Å²) in [6.07, 6.45) is 9.57. The van der Waals surface area contributed by atoms with Crippen LogP contribution in [0.25, 0.3) is 6.08 Å². The van der Waals surface area contributed by atoms with Gasteiger partial charge in [0.2, 0.25) is 5.88 Å². The number of ketones is 2. The van der Waals surface area contributed by atoms with Gasteiger partial charge in [0.1, 0.15) is 17.6 Å². The fraction of sp³-hybridized carbons (Fsp3) is 0.517. The second kappa shape index (κ2) is 7.72. The number of methoxy groups -OCH3 is 1. The van der Waals surface area contributed by atoms with E-state index < -0.39 is 29.0 Å². The van der Waals surface area contributed by atoms with E-state index in [4.69, 9.17) is 14.2 Å². The monoisotopic (exact) mass is 489 g/mol. The molecule has 4 fully saturated rings. The van der Waals surface area contributed by atoms with Gasteiger partial charge in [-0.15, -0.1) is 0 Å². The highest BCUT2D eigenvalue weighted by Crippen LogP contribution is 2.71. The van der Waals surface area contributed by atoms with Gasteiger partial charge in [0.25, 0.3) is 0 Å². The largest absolute Gasteiger partial charge is 0.481 e. The third-order valence-electron chi connectivity index (χ3n) is 9.49. The molecule has 0 radical (unpaired) electrons. The van der Waals surface area contributed by atoms with Crippen molar-refractivity contribution >= 4 is 23.6 Å². The number of hydrogen-bond donors (Lipinski definition) is 0. The lowest BCUT2D eigenvalue weighted by Crippen LogP contribution is -2.68. The normalized spacial score (nSPS) is 39.8. The second-order valence-corrected chi connectivity index (χ2v) is 11.6. The SMILES string of the molecule is C=C1C(=O)[C@@]23C(=O)[C@@H]4OC[C@]5(C=CCC(C)(C)[C@@H]45)[C@@H]2CC[C@@H]1[C@H]3OC(=O)/C=C/c1ccnc(OC)c1. The zero-order valence-electron chi connectivity index (χ0n) is 20.9. The molecule has 6 rings (SSSR count). The molecule has 7 heteroatoms. The highest BCUT2D eigenvalue weighted by atomic mass is 16.5. The predicted molar refractivity (Wildman–Crippen MR) is 131 cm³/mol. The molecule has 1 spiro atoms. The van der Waals surface area contributed by atoms with Crippen molar-refractivity contribution in [2.24, 2.45) is 34.0 Å². The van der Waals surface area contributed by atoms with Crippen molar-refractivity contribution in [2.75, 3.05) is 13.7 Å². The summed E-state index contributed by atoms with van der Waals surface area (Å²) in [7, 11) is 1.52. The van der Waals surface area contributed by atoms with Crippen LogP contribution in [0.1, 0.15) is 38.7 Å². The molecule has 5 aliphatic rings. The van der Waals surface area contributed by atoms with Gasteiger partial charge in [0, 0.05) is 35.6 Å². The second-order valence-electron chi connectivity index (χ2n) is 11.6. The van der Waals surface area contributed by atoms with Gasteiger partial charge in [0.15, 0.2) is 11.6 Å². The van der Waals surface area contributed by atoms with Gasteiger partial charge in [-0.05, 0) is 53.9 Å². The number of allylic oxidation sites excluding steroid dienone is 1. The maximum Gasteiger partial charge on any atom is 0.331 e. The molecule has 1 aromatic rings. The molecular weight excluding hydrogens is 458 g/mol. The van der Waals surface area contributed by atoms with Crippen molar-refractivity contribution in [2.45, 2.75) is 45.3 Å². The van der Waals surface area contributed by atoms with Crippen LogP contribution in [0.3, 0.4) is 0 Å². The van der Waals surface area contributed by atoms with Gasteiger partial charge in [-0.25, -0.2) is 9.78 Å². The first-order valence-electron chi connectivity index (χ1n) is 12.6. The molecule has 3 saturated carbocycles. The Hall–Kier alpha value is -3.06. The number of aromatic nitrogens is 1. The Morgan fingerprint density at radius 1 is 1.28 bits per heavy atom. The summed E-state index contributed by atoms with van der Waals surface area (Å²) in [5, 5.41) is 0. The number of Topliss-reactive ketones (excluding diaryl/α,β-unsaturated/α-hetero) is 2. The smallest absolute Gasteiger partial charge is 0.331 e. The quantitative estimate of drug-likeness (QED) is 0.275. The van der Waals surface area contributed by atoms with Crippen molar-refractivity contribution in [3.05, 3.63) is 54.3 Å². The third-order valence-corrected chi connectivity index (χ3v) is 9.49. The highest BCUT2D eigenvalue weighted by Gasteiger charge is 2.80. The van der Waals surface area contributed by atoms with E-state index in [1.54, 1.807) is 24.4 Å². The van der Waals surface area contributed by atoms with Gasteiger partial charge in [-0.2, -0.15) is 0 Å². The number of rotatable bonds is 4. The van der Waals surface area contributed by atoms with Crippen LogP contribution < -0.4 is 4.74 Å². The van der Waals surface area contributed by atoms with E-state index in [-0.39, 0.29) is 34.7 Å². The lowest BCUT2D eigenvalue weighted by molar-refractivity contribution is -0.187. The predicted octanol–water partition coefficient (Wildman–Crippen LogP) is 3.74. The molecule has 0 amide bonds. The molecule has 1 saturated heterocycles. The first-order chi connectivity index (χ1) is 17.2. The van der Waals surface area contributed by atoms with Crippen LogP contribution in [0.15, 0.2) is 48.7 Å². The number of carbonyl (C=O) groups excluding carboxylic acids is 3. The van der Waals surface area contributed by atoms with Crippen LogP contribution in [0.5, 0.6) is 5.88 Å². The van der Waals surface area contributed by atoms with E-state index in [2.05, 4.69) is 37.6 Å². The van der Waals surface area contributed by atoms with Crippen molar-refractivity contribution < 1.29 is 28.6 Å². The highest BCUT2D eigenvalue weighted by molar-refractivity contribution is 6.20. The summed E-state index contributed by atoms with van der Waals surface area (Å²) in [5.41, 5.74) is -0.875. The summed E-state index contributed by atoms with van der Waals surface area (Å²) >= 11 is 0. The van der Waals surface area contributed by atoms with Crippen molar-refractivity contribution in [1.29, 1.82) is 0 Å². The minimum atomic E-state index is -1.43. The Kier molecular flexibility index (Phi) is 5.01. The Morgan fingerprint density at radius 2 is 2.08 bits per heavy atom. The van der Waals surface area contributed by atoms with Crippen LogP contribution in [0, 0.1) is 34.0 Å². The maximum absolute atomic E-state index is 14.3. The fourth-order valence-electron chi connectivity index (χ4n) is 8.18. The third kappa shape index (κ3) is 2.83. The van der Waals surface area contributed by atoms with E-state index in [0.29, 0.717) is 30.9 Å². The van der Waals surface area contributed by atoms with Crippen LogP contribution in [-0.2, 0) is 23.9 Å². The van der Waals surface area contributed by atoms with E-state index in [1.807, 2.05) is 0 Å². The van der Waals surface area contributed by atoms with E-state index in [1.165, 1.54) is 13.2 Å². The van der Waals surface area contributed by atoms with Crippen molar-refractivity contribution in [3.63, 3.8) is 0 Å². The number of carbonyl (C=O) groups is 3. The average Bonchev–Trinajstić information content (AvgIpc) is 3.28. The Morgan fingerprint density at radius 3 is 2.86 bits per heavy atom. The summed E-state index contributed by atoms with van der Waals surface area (Å²) in [6, 6.07) is 3.44. The molecule has 2 heterocycles. The van der Waals surface area contributed by atoms with E-state index in [0.717, 1.165) is 12.0 Å². The van der Waals surface area contributed by atoms with Crippen LogP contribution in [0.2, 0.25) is 0 Å². The molecule has 7 atom stereocenters. The van der Waals surface area contributed by atoms with Gasteiger partial charge >= 0.3 is 5.97 Å². The van der Waals surface area contributed by atoms with Gasteiger partial charge < -0.3 is 14.2 Å². The zero-order chi connectivity index (χ0) is 25.5. The van der Waals surface area contributed by atoms with Crippen molar-refractivity contribution in [1.82, 2.24) is 4.98 Å². The fourth-order valence-corrected chi connectivity index (χ4v) is 8.18. The minimum Gasteiger partial charge on any atom is -0.481 e. The molecule has 4 bridgehead atoms. The minimum absolute atomic E-state index is 0.00532. The molecule has 1 aromatic heterocycles. The number of pyridine rings is 1. The molecule has 0 N–H and O–H groups in total. The van der Waals surface area contributed by atoms with Gasteiger partial charge in [-0.3, -0.25) is 9.59 Å². The Bertz CT molecular complexity index is 1250. The van der Waals surface area contributed by atoms with Gasteiger partial charge in [-0.1, -0.05) is 32.6 Å².